The third-order valence-electron chi connectivity index (χ3n) is 4.87. The first-order chi connectivity index (χ1) is 12.7. The molecule has 0 radical (unpaired) electrons. The Kier molecular flexibility index (Phi) is 2.54. The van der Waals surface area contributed by atoms with Crippen LogP contribution in [0.4, 0.5) is 11.8 Å². The number of hydrogen-bond acceptors (Lipinski definition) is 8. The smallest absolute Gasteiger partial charge is 0.287 e. The second kappa shape index (κ2) is 4.63. The molecule has 26 heavy (non-hydrogen) atoms. The molecule has 3 aliphatic rings. The lowest BCUT2D eigenvalue weighted by atomic mass is 10.1. The zero-order chi connectivity index (χ0) is 17.5. The number of aliphatic imine (C=N–C) groups is 1. The van der Waals surface area contributed by atoms with Crippen LogP contribution in [0, 0.1) is 0 Å². The van der Waals surface area contributed by atoms with E-state index in [4.69, 9.17) is 16.1 Å². The zero-order valence-corrected chi connectivity index (χ0v) is 14.1. The van der Waals surface area contributed by atoms with Crippen LogP contribution in [-0.2, 0) is 5.60 Å². The average molecular weight is 370 g/mol. The van der Waals surface area contributed by atoms with Crippen LogP contribution in [0.2, 0.25) is 5.28 Å². The second-order valence-electron chi connectivity index (χ2n) is 6.50. The van der Waals surface area contributed by atoms with Crippen LogP contribution in [-0.4, -0.2) is 37.3 Å². The van der Waals surface area contributed by atoms with Gasteiger partial charge in [-0.2, -0.15) is 4.98 Å². The van der Waals surface area contributed by atoms with E-state index in [2.05, 4.69) is 20.1 Å². The van der Waals surface area contributed by atoms with Gasteiger partial charge in [-0.25, -0.2) is 20.0 Å². The first kappa shape index (κ1) is 14.3. The number of hydrazine groups is 1. The summed E-state index contributed by atoms with van der Waals surface area (Å²) in [5, 5.41) is 18.2. The molecule has 9 nitrogen and oxygen atoms in total. The Morgan fingerprint density at radius 1 is 1.23 bits per heavy atom. The molecule has 1 fully saturated rings. The van der Waals surface area contributed by atoms with Crippen molar-refractivity contribution in [2.75, 3.05) is 16.7 Å². The lowest BCUT2D eigenvalue weighted by Gasteiger charge is -2.33. The predicted octanol–water partition coefficient (Wildman–Crippen LogP) is 1.85. The number of aliphatic hydroxyl groups is 1. The van der Waals surface area contributed by atoms with Gasteiger partial charge in [0.25, 0.3) is 11.8 Å². The number of benzene rings is 1. The molecule has 130 valence electrons. The molecule has 4 heterocycles. The Balaban J connectivity index is 1.49. The van der Waals surface area contributed by atoms with Crippen molar-refractivity contribution >= 4 is 29.2 Å². The predicted molar refractivity (Wildman–Crippen MR) is 92.4 cm³/mol. The highest BCUT2D eigenvalue weighted by Crippen LogP contribution is 2.45. The molecule has 2 aromatic heterocycles. The van der Waals surface area contributed by atoms with E-state index in [9.17, 15) is 5.11 Å². The van der Waals surface area contributed by atoms with Crippen LogP contribution >= 0.6 is 11.6 Å². The Labute approximate surface area is 152 Å². The van der Waals surface area contributed by atoms with Gasteiger partial charge in [-0.15, -0.1) is 0 Å². The molecular weight excluding hydrogens is 358 g/mol. The quantitative estimate of drug-likeness (QED) is 0.736. The summed E-state index contributed by atoms with van der Waals surface area (Å²) < 4.78 is 7.12. The Bertz CT molecular complexity index is 1080. The maximum absolute atomic E-state index is 10.2. The van der Waals surface area contributed by atoms with Gasteiger partial charge in [0.15, 0.2) is 11.7 Å². The van der Waals surface area contributed by atoms with E-state index >= 15 is 0 Å². The normalized spacial score (nSPS) is 19.1. The first-order valence-electron chi connectivity index (χ1n) is 8.17. The minimum Gasteiger partial charge on any atom is -0.380 e. The van der Waals surface area contributed by atoms with Crippen molar-refractivity contribution in [2.45, 2.75) is 18.4 Å². The molecule has 0 unspecified atom stereocenters. The van der Waals surface area contributed by atoms with E-state index in [1.54, 1.807) is 11.2 Å². The van der Waals surface area contributed by atoms with E-state index in [1.807, 2.05) is 33.8 Å². The van der Waals surface area contributed by atoms with Gasteiger partial charge >= 0.3 is 0 Å². The number of nitrogens with zero attached hydrogens (tertiary/aromatic N) is 7. The Morgan fingerprint density at radius 2 is 2.08 bits per heavy atom. The van der Waals surface area contributed by atoms with Crippen LogP contribution in [0.3, 0.4) is 0 Å². The topological polar surface area (TPSA) is 95.8 Å². The van der Waals surface area contributed by atoms with E-state index < -0.39 is 5.60 Å². The zero-order valence-electron chi connectivity index (χ0n) is 13.4. The summed E-state index contributed by atoms with van der Waals surface area (Å²) in [5.41, 5.74) is 0.878. The highest BCUT2D eigenvalue weighted by atomic mass is 35.5. The van der Waals surface area contributed by atoms with Gasteiger partial charge in [0, 0.05) is 5.56 Å². The van der Waals surface area contributed by atoms with Crippen molar-refractivity contribution in [2.24, 2.45) is 4.99 Å². The largest absolute Gasteiger partial charge is 0.380 e. The molecule has 0 spiro atoms. The fourth-order valence-electron chi connectivity index (χ4n) is 3.36. The maximum atomic E-state index is 10.2. The molecule has 0 atom stereocenters. The average Bonchev–Trinajstić information content (AvgIpc) is 3.06. The number of para-hydroxylation sites is 1. The van der Waals surface area contributed by atoms with Gasteiger partial charge in [-0.1, -0.05) is 12.1 Å². The highest BCUT2D eigenvalue weighted by molar-refractivity contribution is 6.29. The SMILES string of the molecule is OC1(c2nc(N3CN=C4c5ccccc5-n5c(cnc5Cl)N43)no2)CC1. The summed E-state index contributed by atoms with van der Waals surface area (Å²) in [4.78, 5) is 13.3. The molecular formula is C16H12ClN7O2. The summed E-state index contributed by atoms with van der Waals surface area (Å²) in [6.07, 6.45) is 2.95. The lowest BCUT2D eigenvalue weighted by Crippen LogP contribution is -2.46. The van der Waals surface area contributed by atoms with Crippen molar-refractivity contribution in [1.29, 1.82) is 0 Å². The van der Waals surface area contributed by atoms with Gasteiger partial charge in [0.1, 0.15) is 12.3 Å². The minimum absolute atomic E-state index is 0.241. The molecule has 2 aliphatic heterocycles. The fourth-order valence-corrected chi connectivity index (χ4v) is 3.58. The molecule has 3 aromatic rings. The van der Waals surface area contributed by atoms with Gasteiger partial charge in [-0.3, -0.25) is 4.57 Å². The monoisotopic (exact) mass is 369 g/mol. The number of fused-ring (bicyclic) bond motifs is 6. The third-order valence-corrected chi connectivity index (χ3v) is 5.13. The number of hydrogen-bond donors (Lipinski definition) is 1. The van der Waals surface area contributed by atoms with Crippen molar-refractivity contribution in [3.05, 3.63) is 47.2 Å². The number of amidine groups is 1. The second-order valence-corrected chi connectivity index (χ2v) is 6.84. The Morgan fingerprint density at radius 3 is 2.92 bits per heavy atom. The minimum atomic E-state index is -0.978. The molecule has 1 aromatic carbocycles. The molecule has 1 N–H and O–H groups in total. The van der Waals surface area contributed by atoms with E-state index in [-0.39, 0.29) is 5.89 Å². The molecule has 1 saturated carbocycles. The molecule has 0 saturated heterocycles. The number of halogens is 1. The van der Waals surface area contributed by atoms with E-state index in [1.165, 1.54) is 0 Å². The summed E-state index contributed by atoms with van der Waals surface area (Å²) >= 11 is 6.33. The first-order valence-corrected chi connectivity index (χ1v) is 8.55. The molecule has 10 heteroatoms. The molecule has 0 bridgehead atoms. The maximum Gasteiger partial charge on any atom is 0.287 e. The highest BCUT2D eigenvalue weighted by Gasteiger charge is 2.48. The van der Waals surface area contributed by atoms with Gasteiger partial charge in [0.2, 0.25) is 5.28 Å². The third kappa shape index (κ3) is 1.73. The van der Waals surface area contributed by atoms with Crippen molar-refractivity contribution < 1.29 is 9.63 Å². The number of anilines is 2. The summed E-state index contributed by atoms with van der Waals surface area (Å²) in [6.45, 7) is 0.323. The lowest BCUT2D eigenvalue weighted by molar-refractivity contribution is 0.108. The molecule has 6 rings (SSSR count). The van der Waals surface area contributed by atoms with Crippen LogP contribution < -0.4 is 10.0 Å². The number of imidazole rings is 1. The van der Waals surface area contributed by atoms with Crippen molar-refractivity contribution in [1.82, 2.24) is 19.7 Å². The van der Waals surface area contributed by atoms with Crippen molar-refractivity contribution in [3.8, 4) is 5.69 Å². The van der Waals surface area contributed by atoms with Crippen LogP contribution in [0.15, 0.2) is 40.0 Å². The standard InChI is InChI=1S/C16H12ClN7O2/c17-14-18-7-11-23(14)10-4-2-1-3-9(10)12-19-8-22(24(11)12)15-20-13(26-21-15)16(25)5-6-16/h1-4,7,25H,5-6,8H2. The van der Waals surface area contributed by atoms with Crippen LogP contribution in [0.25, 0.3) is 5.69 Å². The van der Waals surface area contributed by atoms with Crippen LogP contribution in [0.5, 0.6) is 0 Å². The van der Waals surface area contributed by atoms with Gasteiger partial charge < -0.3 is 9.63 Å². The summed E-state index contributed by atoms with van der Waals surface area (Å²) in [7, 11) is 0. The fraction of sp³-hybridized carbons (Fsp3) is 0.250. The van der Waals surface area contributed by atoms with E-state index in [0.717, 1.165) is 22.9 Å². The number of rotatable bonds is 2. The van der Waals surface area contributed by atoms with E-state index in [0.29, 0.717) is 30.7 Å². The van der Waals surface area contributed by atoms with Crippen molar-refractivity contribution in [3.63, 3.8) is 0 Å². The van der Waals surface area contributed by atoms with Gasteiger partial charge in [0.05, 0.1) is 11.9 Å². The summed E-state index contributed by atoms with van der Waals surface area (Å²) in [5.74, 6) is 2.08. The van der Waals surface area contributed by atoms with Gasteiger partial charge in [-0.05, 0) is 41.7 Å². The van der Waals surface area contributed by atoms with Crippen LogP contribution in [0.1, 0.15) is 24.3 Å². The molecule has 1 aliphatic carbocycles. The number of aromatic nitrogens is 4. The Hall–Kier alpha value is -2.91. The molecule has 0 amide bonds. The summed E-state index contributed by atoms with van der Waals surface area (Å²) in [6, 6.07) is 7.86.